The number of para-hydroxylation sites is 1. The smallest absolute Gasteiger partial charge is 0.335 e. The summed E-state index contributed by atoms with van der Waals surface area (Å²) in [5.74, 6) is -3.48. The number of nitrogens with one attached hydrogen (secondary N) is 1. The molecule has 2 aromatic rings. The third-order valence-electron chi connectivity index (χ3n) is 3.52. The van der Waals surface area contributed by atoms with E-state index in [0.29, 0.717) is 10.6 Å². The maximum atomic E-state index is 13.9. The zero-order valence-corrected chi connectivity index (χ0v) is 13.2. The third-order valence-corrected chi connectivity index (χ3v) is 3.87. The highest BCUT2D eigenvalue weighted by Crippen LogP contribution is 2.31. The van der Waals surface area contributed by atoms with E-state index in [4.69, 9.17) is 16.7 Å². The molecule has 1 aliphatic heterocycles. The van der Waals surface area contributed by atoms with Crippen molar-refractivity contribution in [3.8, 4) is 0 Å². The molecule has 0 unspecified atom stereocenters. The van der Waals surface area contributed by atoms with E-state index in [1.807, 2.05) is 0 Å². The Kier molecular flexibility index (Phi) is 4.24. The summed E-state index contributed by atoms with van der Waals surface area (Å²) in [7, 11) is 0. The molecule has 2 amide bonds. The molecule has 0 saturated carbocycles. The average molecular weight is 361 g/mol. The molecule has 0 bridgehead atoms. The fourth-order valence-electron chi connectivity index (χ4n) is 2.30. The van der Waals surface area contributed by atoms with Gasteiger partial charge in [0.2, 0.25) is 0 Å². The monoisotopic (exact) mass is 360 g/mol. The van der Waals surface area contributed by atoms with Crippen LogP contribution in [0.5, 0.6) is 0 Å². The predicted molar refractivity (Wildman–Crippen MR) is 88.8 cm³/mol. The molecule has 0 spiro atoms. The summed E-state index contributed by atoms with van der Waals surface area (Å²) < 4.78 is 13.9. The van der Waals surface area contributed by atoms with Crippen LogP contribution >= 0.6 is 11.6 Å². The molecule has 0 saturated heterocycles. The number of aromatic carboxylic acids is 1. The molecule has 126 valence electrons. The lowest BCUT2D eigenvalue weighted by Gasteiger charge is -2.15. The van der Waals surface area contributed by atoms with Crippen molar-refractivity contribution in [3.05, 3.63) is 70.6 Å². The van der Waals surface area contributed by atoms with E-state index in [1.54, 1.807) is 0 Å². The molecular weight excluding hydrogens is 351 g/mol. The van der Waals surface area contributed by atoms with E-state index in [1.165, 1.54) is 42.5 Å². The van der Waals surface area contributed by atoms with Gasteiger partial charge in [0, 0.05) is 5.69 Å². The molecule has 0 aromatic heterocycles. The van der Waals surface area contributed by atoms with Crippen molar-refractivity contribution in [1.29, 1.82) is 0 Å². The number of hydrogen-bond donors (Lipinski definition) is 2. The highest BCUT2D eigenvalue weighted by Gasteiger charge is 2.40. The number of amides is 2. The van der Waals surface area contributed by atoms with Crippen molar-refractivity contribution in [2.75, 3.05) is 10.2 Å². The van der Waals surface area contributed by atoms with Crippen LogP contribution in [0.15, 0.2) is 59.3 Å². The summed E-state index contributed by atoms with van der Waals surface area (Å²) in [4.78, 5) is 36.2. The average Bonchev–Trinajstić information content (AvgIpc) is 2.80. The number of nitrogens with zero attached hydrogens (tertiary/aromatic N) is 1. The molecule has 1 aliphatic rings. The number of carbonyl (C=O) groups excluding carboxylic acids is 2. The maximum Gasteiger partial charge on any atom is 0.335 e. The first-order valence-electron chi connectivity index (χ1n) is 7.03. The fraction of sp³-hybridized carbons (Fsp3) is 0. The van der Waals surface area contributed by atoms with Crippen molar-refractivity contribution >= 4 is 40.8 Å². The van der Waals surface area contributed by atoms with E-state index in [2.05, 4.69) is 5.32 Å². The van der Waals surface area contributed by atoms with Gasteiger partial charge in [-0.15, -0.1) is 0 Å². The molecule has 1 heterocycles. The van der Waals surface area contributed by atoms with E-state index < -0.39 is 23.6 Å². The van der Waals surface area contributed by atoms with Crippen LogP contribution in [0.3, 0.4) is 0 Å². The lowest BCUT2D eigenvalue weighted by molar-refractivity contribution is -0.120. The number of carbonyl (C=O) groups is 3. The zero-order valence-electron chi connectivity index (χ0n) is 12.5. The van der Waals surface area contributed by atoms with Crippen molar-refractivity contribution in [3.63, 3.8) is 0 Å². The molecule has 0 radical (unpaired) electrons. The Morgan fingerprint density at radius 2 is 1.68 bits per heavy atom. The summed E-state index contributed by atoms with van der Waals surface area (Å²) in [6.45, 7) is 0. The lowest BCUT2D eigenvalue weighted by Crippen LogP contribution is -2.33. The first-order valence-corrected chi connectivity index (χ1v) is 7.41. The molecule has 0 atom stereocenters. The second-order valence-electron chi connectivity index (χ2n) is 5.09. The number of rotatable bonds is 4. The molecular formula is C17H10ClFN2O4. The van der Waals surface area contributed by atoms with Gasteiger partial charge in [0.1, 0.15) is 16.5 Å². The van der Waals surface area contributed by atoms with E-state index in [-0.39, 0.29) is 22.0 Å². The van der Waals surface area contributed by atoms with Gasteiger partial charge in [0.25, 0.3) is 11.8 Å². The number of anilines is 2. The molecule has 2 aromatic carbocycles. The van der Waals surface area contributed by atoms with Gasteiger partial charge in [0.05, 0.1) is 11.3 Å². The van der Waals surface area contributed by atoms with Crippen LogP contribution in [-0.4, -0.2) is 22.9 Å². The summed E-state index contributed by atoms with van der Waals surface area (Å²) in [6.07, 6.45) is 0. The number of hydrogen-bond acceptors (Lipinski definition) is 4. The van der Waals surface area contributed by atoms with Gasteiger partial charge in [-0.2, -0.15) is 0 Å². The molecule has 0 fully saturated rings. The standard InChI is InChI=1S/C17H10ClFN2O4/c18-13-14(20-10-7-5-9(6-8-10)17(24)25)16(23)21(15(13)22)12-4-2-1-3-11(12)19/h1-8,20H,(H,24,25). The van der Waals surface area contributed by atoms with Crippen molar-refractivity contribution < 1.29 is 23.9 Å². The number of imide groups is 1. The minimum absolute atomic E-state index is 0.0624. The number of carboxylic acids is 1. The van der Waals surface area contributed by atoms with Crippen molar-refractivity contribution in [1.82, 2.24) is 0 Å². The normalized spacial score (nSPS) is 14.2. The van der Waals surface area contributed by atoms with E-state index in [0.717, 1.165) is 6.07 Å². The van der Waals surface area contributed by atoms with Gasteiger partial charge < -0.3 is 10.4 Å². The minimum Gasteiger partial charge on any atom is -0.478 e. The quantitative estimate of drug-likeness (QED) is 0.819. The first-order chi connectivity index (χ1) is 11.9. The Hall–Kier alpha value is -3.19. The van der Waals surface area contributed by atoms with Crippen LogP contribution in [0.4, 0.5) is 15.8 Å². The topological polar surface area (TPSA) is 86.7 Å². The molecule has 3 rings (SSSR count). The molecule has 2 N–H and O–H groups in total. The van der Waals surface area contributed by atoms with Gasteiger partial charge in [-0.05, 0) is 36.4 Å². The molecule has 0 aliphatic carbocycles. The summed E-state index contributed by atoms with van der Waals surface area (Å²) in [5, 5.41) is 11.2. The lowest BCUT2D eigenvalue weighted by atomic mass is 10.2. The van der Waals surface area contributed by atoms with Crippen LogP contribution in [0.25, 0.3) is 0 Å². The Bertz CT molecular complexity index is 925. The van der Waals surface area contributed by atoms with Gasteiger partial charge in [-0.25, -0.2) is 14.1 Å². The molecule has 8 heteroatoms. The summed E-state index contributed by atoms with van der Waals surface area (Å²) in [6, 6.07) is 10.8. The van der Waals surface area contributed by atoms with Crippen LogP contribution < -0.4 is 10.2 Å². The SMILES string of the molecule is O=C(O)c1ccc(NC2=C(Cl)C(=O)N(c3ccccc3F)C2=O)cc1. The summed E-state index contributed by atoms with van der Waals surface area (Å²) in [5.41, 5.74) is 0.00814. The highest BCUT2D eigenvalue weighted by molar-refractivity contribution is 6.53. The summed E-state index contributed by atoms with van der Waals surface area (Å²) >= 11 is 5.94. The Balaban J connectivity index is 1.90. The van der Waals surface area contributed by atoms with Crippen LogP contribution in [0.2, 0.25) is 0 Å². The van der Waals surface area contributed by atoms with Crippen molar-refractivity contribution in [2.24, 2.45) is 0 Å². The van der Waals surface area contributed by atoms with E-state index >= 15 is 0 Å². The number of benzene rings is 2. The Morgan fingerprint density at radius 1 is 1.04 bits per heavy atom. The second kappa shape index (κ2) is 6.37. The first kappa shape index (κ1) is 16.7. The largest absolute Gasteiger partial charge is 0.478 e. The maximum absolute atomic E-state index is 13.9. The predicted octanol–water partition coefficient (Wildman–Crippen LogP) is 2.96. The fourth-order valence-corrected chi connectivity index (χ4v) is 2.52. The minimum atomic E-state index is -1.10. The Morgan fingerprint density at radius 3 is 2.28 bits per heavy atom. The van der Waals surface area contributed by atoms with Gasteiger partial charge in [-0.3, -0.25) is 9.59 Å². The van der Waals surface area contributed by atoms with E-state index in [9.17, 15) is 18.8 Å². The zero-order chi connectivity index (χ0) is 18.1. The second-order valence-corrected chi connectivity index (χ2v) is 5.47. The van der Waals surface area contributed by atoms with Gasteiger partial charge in [0.15, 0.2) is 0 Å². The third kappa shape index (κ3) is 2.97. The Labute approximate surface area is 146 Å². The van der Waals surface area contributed by atoms with Crippen LogP contribution in [0.1, 0.15) is 10.4 Å². The number of carboxylic acid groups (broad SMARTS) is 1. The molecule has 25 heavy (non-hydrogen) atoms. The molecule has 6 nitrogen and oxygen atoms in total. The van der Waals surface area contributed by atoms with Crippen molar-refractivity contribution in [2.45, 2.75) is 0 Å². The van der Waals surface area contributed by atoms with Gasteiger partial charge >= 0.3 is 5.97 Å². The number of halogens is 2. The van der Waals surface area contributed by atoms with Gasteiger partial charge in [-0.1, -0.05) is 23.7 Å². The highest BCUT2D eigenvalue weighted by atomic mass is 35.5. The van der Waals surface area contributed by atoms with Crippen LogP contribution in [0, 0.1) is 5.82 Å². The van der Waals surface area contributed by atoms with Crippen LogP contribution in [-0.2, 0) is 9.59 Å².